The first-order chi connectivity index (χ1) is 8.69. The number of ketones is 1. The zero-order valence-corrected chi connectivity index (χ0v) is 10.3. The van der Waals surface area contributed by atoms with Gasteiger partial charge in [-0.15, -0.1) is 6.58 Å². The van der Waals surface area contributed by atoms with Crippen molar-refractivity contribution in [2.75, 3.05) is 0 Å². The Kier molecular flexibility index (Phi) is 5.58. The summed E-state index contributed by atoms with van der Waals surface area (Å²) in [6, 6.07) is 8.76. The second kappa shape index (κ2) is 7.22. The van der Waals surface area contributed by atoms with Crippen molar-refractivity contribution in [2.24, 2.45) is 0 Å². The van der Waals surface area contributed by atoms with Crippen LogP contribution >= 0.6 is 0 Å². The molecule has 3 nitrogen and oxygen atoms in total. The molecule has 0 aliphatic rings. The van der Waals surface area contributed by atoms with Crippen LogP contribution in [0.3, 0.4) is 0 Å². The molecule has 0 aliphatic heterocycles. The summed E-state index contributed by atoms with van der Waals surface area (Å²) in [6.45, 7) is 5.28. The van der Waals surface area contributed by atoms with E-state index in [0.29, 0.717) is 12.0 Å². The maximum Gasteiger partial charge on any atom is 0.331 e. The summed E-state index contributed by atoms with van der Waals surface area (Å²) in [5.41, 5.74) is 0.526. The van der Waals surface area contributed by atoms with E-state index in [1.807, 2.05) is 6.07 Å². The van der Waals surface area contributed by atoms with Crippen LogP contribution in [0.1, 0.15) is 23.7 Å². The summed E-state index contributed by atoms with van der Waals surface area (Å²) in [6.07, 6.45) is 3.91. The van der Waals surface area contributed by atoms with Gasteiger partial charge in [0, 0.05) is 18.1 Å². The van der Waals surface area contributed by atoms with E-state index in [1.54, 1.807) is 43.3 Å². The largest absolute Gasteiger partial charge is 0.450 e. The minimum absolute atomic E-state index is 0.214. The van der Waals surface area contributed by atoms with Gasteiger partial charge < -0.3 is 4.74 Å². The van der Waals surface area contributed by atoms with Crippen molar-refractivity contribution in [3.63, 3.8) is 0 Å². The molecule has 1 atom stereocenters. The van der Waals surface area contributed by atoms with Crippen molar-refractivity contribution in [1.29, 1.82) is 0 Å². The summed E-state index contributed by atoms with van der Waals surface area (Å²) in [7, 11) is 0. The first-order valence-corrected chi connectivity index (χ1v) is 5.72. The molecule has 0 amide bonds. The third-order valence-corrected chi connectivity index (χ3v) is 2.29. The van der Waals surface area contributed by atoms with Crippen LogP contribution in [0.25, 0.3) is 0 Å². The van der Waals surface area contributed by atoms with Crippen LogP contribution in [0.4, 0.5) is 0 Å². The van der Waals surface area contributed by atoms with Crippen LogP contribution in [-0.2, 0) is 9.53 Å². The number of ether oxygens (including phenoxy) is 1. The zero-order chi connectivity index (χ0) is 13.4. The van der Waals surface area contributed by atoms with Gasteiger partial charge in [-0.05, 0) is 6.92 Å². The molecule has 0 N–H and O–H groups in total. The molecule has 0 fully saturated rings. The monoisotopic (exact) mass is 244 g/mol. The van der Waals surface area contributed by atoms with Gasteiger partial charge in [-0.1, -0.05) is 42.5 Å². The standard InChI is InChI=1S/C15H16O3/c1-3-8-13(18-14(16)9-4-2)15(17)12-10-6-5-7-11-12/h3-7,9-11,13H,1,8H2,2H3/b9-4+. The Hall–Kier alpha value is -2.16. The SMILES string of the molecule is C=CCC(OC(=O)/C=C/C)C(=O)c1ccccc1. The molecule has 0 spiro atoms. The van der Waals surface area contributed by atoms with Crippen molar-refractivity contribution >= 4 is 11.8 Å². The lowest BCUT2D eigenvalue weighted by Crippen LogP contribution is -2.26. The molecule has 0 radical (unpaired) electrons. The molecule has 3 heteroatoms. The summed E-state index contributed by atoms with van der Waals surface area (Å²) in [4.78, 5) is 23.5. The molecule has 1 aromatic rings. The number of benzene rings is 1. The van der Waals surface area contributed by atoms with Crippen LogP contribution in [0, 0.1) is 0 Å². The third-order valence-electron chi connectivity index (χ3n) is 2.29. The van der Waals surface area contributed by atoms with Gasteiger partial charge in [0.1, 0.15) is 0 Å². The Balaban J connectivity index is 2.81. The number of hydrogen-bond donors (Lipinski definition) is 0. The summed E-state index contributed by atoms with van der Waals surface area (Å²) < 4.78 is 5.10. The van der Waals surface area contributed by atoms with Crippen LogP contribution in [0.15, 0.2) is 55.1 Å². The van der Waals surface area contributed by atoms with E-state index in [4.69, 9.17) is 4.74 Å². The van der Waals surface area contributed by atoms with Gasteiger partial charge in [-0.3, -0.25) is 4.79 Å². The Morgan fingerprint density at radius 3 is 2.56 bits per heavy atom. The number of hydrogen-bond acceptors (Lipinski definition) is 3. The lowest BCUT2D eigenvalue weighted by molar-refractivity contribution is -0.140. The average molecular weight is 244 g/mol. The molecule has 0 heterocycles. The lowest BCUT2D eigenvalue weighted by Gasteiger charge is -2.14. The first-order valence-electron chi connectivity index (χ1n) is 5.72. The third kappa shape index (κ3) is 4.01. The number of rotatable bonds is 6. The quantitative estimate of drug-likeness (QED) is 0.334. The highest BCUT2D eigenvalue weighted by atomic mass is 16.5. The molecule has 0 bridgehead atoms. The molecule has 94 valence electrons. The van der Waals surface area contributed by atoms with Crippen molar-refractivity contribution in [3.05, 3.63) is 60.7 Å². The molecular formula is C15H16O3. The topological polar surface area (TPSA) is 43.4 Å². The number of esters is 1. The summed E-state index contributed by atoms with van der Waals surface area (Å²) in [5.74, 6) is -0.734. The molecule has 0 saturated carbocycles. The second-order valence-corrected chi connectivity index (χ2v) is 3.68. The highest BCUT2D eigenvalue weighted by molar-refractivity contribution is 6.01. The van der Waals surface area contributed by atoms with E-state index < -0.39 is 12.1 Å². The molecule has 1 rings (SSSR count). The average Bonchev–Trinajstić information content (AvgIpc) is 2.39. The molecule has 0 aliphatic carbocycles. The molecule has 18 heavy (non-hydrogen) atoms. The van der Waals surface area contributed by atoms with Gasteiger partial charge in [0.05, 0.1) is 0 Å². The summed E-state index contributed by atoms with van der Waals surface area (Å²) >= 11 is 0. The lowest BCUT2D eigenvalue weighted by atomic mass is 10.0. The fourth-order valence-electron chi connectivity index (χ4n) is 1.46. The normalized spacial score (nSPS) is 12.1. The van der Waals surface area contributed by atoms with Crippen LogP contribution in [-0.4, -0.2) is 17.9 Å². The van der Waals surface area contributed by atoms with Gasteiger partial charge in [-0.25, -0.2) is 4.79 Å². The van der Waals surface area contributed by atoms with E-state index in [0.717, 1.165) is 0 Å². The Labute approximate surface area is 107 Å². The van der Waals surface area contributed by atoms with Gasteiger partial charge in [0.2, 0.25) is 5.78 Å². The highest BCUT2D eigenvalue weighted by Gasteiger charge is 2.21. The van der Waals surface area contributed by atoms with E-state index in [9.17, 15) is 9.59 Å². The predicted octanol–water partition coefficient (Wildman–Crippen LogP) is 2.93. The molecule has 0 saturated heterocycles. The fraction of sp³-hybridized carbons (Fsp3) is 0.200. The maximum absolute atomic E-state index is 12.1. The summed E-state index contributed by atoms with van der Waals surface area (Å²) in [5, 5.41) is 0. The van der Waals surface area contributed by atoms with Crippen molar-refractivity contribution in [3.8, 4) is 0 Å². The number of carbonyl (C=O) groups is 2. The second-order valence-electron chi connectivity index (χ2n) is 3.68. The smallest absolute Gasteiger partial charge is 0.331 e. The van der Waals surface area contributed by atoms with Crippen LogP contribution < -0.4 is 0 Å². The van der Waals surface area contributed by atoms with Gasteiger partial charge in [0.15, 0.2) is 6.10 Å². The number of allylic oxidation sites excluding steroid dienone is 1. The van der Waals surface area contributed by atoms with Gasteiger partial charge >= 0.3 is 5.97 Å². The maximum atomic E-state index is 12.1. The minimum atomic E-state index is -0.811. The fourth-order valence-corrected chi connectivity index (χ4v) is 1.46. The van der Waals surface area contributed by atoms with Crippen LogP contribution in [0.5, 0.6) is 0 Å². The molecular weight excluding hydrogens is 228 g/mol. The van der Waals surface area contributed by atoms with Crippen LogP contribution in [0.2, 0.25) is 0 Å². The Bertz CT molecular complexity index is 446. The first kappa shape index (κ1) is 13.9. The minimum Gasteiger partial charge on any atom is -0.450 e. The zero-order valence-electron chi connectivity index (χ0n) is 10.3. The van der Waals surface area contributed by atoms with Crippen molar-refractivity contribution < 1.29 is 14.3 Å². The van der Waals surface area contributed by atoms with E-state index in [-0.39, 0.29) is 5.78 Å². The number of Topliss-reactive ketones (excluding diaryl/α,β-unsaturated/α-hetero) is 1. The van der Waals surface area contributed by atoms with Gasteiger partial charge in [0.25, 0.3) is 0 Å². The predicted molar refractivity (Wildman–Crippen MR) is 70.3 cm³/mol. The molecule has 0 aromatic heterocycles. The highest BCUT2D eigenvalue weighted by Crippen LogP contribution is 2.10. The molecule has 1 aromatic carbocycles. The molecule has 1 unspecified atom stereocenters. The number of carbonyl (C=O) groups excluding carboxylic acids is 2. The van der Waals surface area contributed by atoms with Crippen molar-refractivity contribution in [1.82, 2.24) is 0 Å². The van der Waals surface area contributed by atoms with E-state index >= 15 is 0 Å². The van der Waals surface area contributed by atoms with Gasteiger partial charge in [-0.2, -0.15) is 0 Å². The Morgan fingerprint density at radius 2 is 2.00 bits per heavy atom. The van der Waals surface area contributed by atoms with Crippen molar-refractivity contribution in [2.45, 2.75) is 19.4 Å². The Morgan fingerprint density at radius 1 is 1.33 bits per heavy atom. The van der Waals surface area contributed by atoms with E-state index in [2.05, 4.69) is 6.58 Å². The van der Waals surface area contributed by atoms with E-state index in [1.165, 1.54) is 6.08 Å².